The van der Waals surface area contributed by atoms with Crippen LogP contribution in [0.5, 0.6) is 5.75 Å². The second kappa shape index (κ2) is 12.9. The Kier molecular flexibility index (Phi) is 11.0. The van der Waals surface area contributed by atoms with Crippen molar-refractivity contribution in [1.29, 1.82) is 0 Å². The van der Waals surface area contributed by atoms with Gasteiger partial charge in [0.1, 0.15) is 5.75 Å². The highest BCUT2D eigenvalue weighted by Crippen LogP contribution is 2.19. The average Bonchev–Trinajstić information content (AvgIpc) is 2.69. The highest BCUT2D eigenvalue weighted by Gasteiger charge is 2.10. The lowest BCUT2D eigenvalue weighted by Gasteiger charge is -2.15. The second-order valence-electron chi connectivity index (χ2n) is 5.83. The van der Waals surface area contributed by atoms with Crippen molar-refractivity contribution in [2.24, 2.45) is 4.99 Å². The summed E-state index contributed by atoms with van der Waals surface area (Å²) in [4.78, 5) is 16.0. The van der Waals surface area contributed by atoms with Crippen LogP contribution >= 0.6 is 24.0 Å². The van der Waals surface area contributed by atoms with Gasteiger partial charge in [0, 0.05) is 37.8 Å². The molecule has 158 valence electrons. The summed E-state index contributed by atoms with van der Waals surface area (Å²) in [5.41, 5.74) is 2.08. The third kappa shape index (κ3) is 8.22. The monoisotopic (exact) mass is 518 g/mol. The number of halogens is 3. The van der Waals surface area contributed by atoms with Crippen LogP contribution in [0.2, 0.25) is 0 Å². The summed E-state index contributed by atoms with van der Waals surface area (Å²) in [7, 11) is 1.61. The van der Waals surface area contributed by atoms with E-state index >= 15 is 0 Å². The van der Waals surface area contributed by atoms with Crippen LogP contribution in [0.3, 0.4) is 0 Å². The first-order chi connectivity index (χ1) is 13.5. The first kappa shape index (κ1) is 24.6. The molecule has 0 saturated carbocycles. The molecule has 0 aromatic heterocycles. The van der Waals surface area contributed by atoms with Gasteiger partial charge in [-0.05, 0) is 30.7 Å². The maximum absolute atomic E-state index is 12.5. The first-order valence-corrected chi connectivity index (χ1v) is 8.87. The van der Waals surface area contributed by atoms with Crippen LogP contribution in [0.1, 0.15) is 28.4 Å². The molecule has 2 aromatic carbocycles. The molecule has 1 amide bonds. The van der Waals surface area contributed by atoms with Crippen molar-refractivity contribution >= 4 is 35.8 Å². The van der Waals surface area contributed by atoms with Gasteiger partial charge < -0.3 is 20.7 Å². The number of nitrogens with one attached hydrogen (secondary N) is 3. The van der Waals surface area contributed by atoms with Gasteiger partial charge in [-0.15, -0.1) is 24.0 Å². The lowest BCUT2D eigenvalue weighted by atomic mass is 10.1. The molecule has 0 radical (unpaired) electrons. The van der Waals surface area contributed by atoms with Gasteiger partial charge in [-0.25, -0.2) is 0 Å². The Balaban J connectivity index is 0.00000420. The molecule has 0 spiro atoms. The van der Waals surface area contributed by atoms with E-state index in [4.69, 9.17) is 0 Å². The number of ether oxygens (including phenoxy) is 1. The van der Waals surface area contributed by atoms with Gasteiger partial charge >= 0.3 is 6.61 Å². The molecule has 0 saturated heterocycles. The Morgan fingerprint density at radius 2 is 1.79 bits per heavy atom. The standard InChI is InChI=1S/C20H24F2N4O2.HI/c1-3-24-18(27)15-9-6-7-14(11-15)12-25-20(23-2)26-13-16-8-4-5-10-17(16)28-19(21)22;/h4-11,19H,3,12-13H2,1-2H3,(H,24,27)(H2,23,25,26);1H. The van der Waals surface area contributed by atoms with E-state index in [1.54, 1.807) is 37.4 Å². The Morgan fingerprint density at radius 3 is 2.48 bits per heavy atom. The van der Waals surface area contributed by atoms with Gasteiger partial charge in [0.25, 0.3) is 5.91 Å². The van der Waals surface area contributed by atoms with Crippen molar-refractivity contribution in [2.75, 3.05) is 13.6 Å². The average molecular weight is 518 g/mol. The summed E-state index contributed by atoms with van der Waals surface area (Å²) in [5, 5.41) is 8.96. The summed E-state index contributed by atoms with van der Waals surface area (Å²) < 4.78 is 29.5. The maximum Gasteiger partial charge on any atom is 0.387 e. The van der Waals surface area contributed by atoms with Crippen molar-refractivity contribution in [2.45, 2.75) is 26.6 Å². The lowest BCUT2D eigenvalue weighted by molar-refractivity contribution is -0.0504. The SMILES string of the molecule is CCNC(=O)c1cccc(CNC(=NC)NCc2ccccc2OC(F)F)c1.I. The second-order valence-corrected chi connectivity index (χ2v) is 5.83. The van der Waals surface area contributed by atoms with Crippen molar-refractivity contribution in [1.82, 2.24) is 16.0 Å². The fourth-order valence-electron chi connectivity index (χ4n) is 2.53. The predicted octanol–water partition coefficient (Wildman–Crippen LogP) is 3.52. The molecule has 9 heteroatoms. The summed E-state index contributed by atoms with van der Waals surface area (Å²) >= 11 is 0. The molecule has 6 nitrogen and oxygen atoms in total. The number of benzene rings is 2. The number of hydrogen-bond donors (Lipinski definition) is 3. The predicted molar refractivity (Wildman–Crippen MR) is 120 cm³/mol. The van der Waals surface area contributed by atoms with Crippen molar-refractivity contribution in [3.05, 3.63) is 65.2 Å². The first-order valence-electron chi connectivity index (χ1n) is 8.87. The lowest BCUT2D eigenvalue weighted by Crippen LogP contribution is -2.36. The third-order valence-electron chi connectivity index (χ3n) is 3.85. The van der Waals surface area contributed by atoms with Gasteiger partial charge in [0.05, 0.1) is 0 Å². The molecule has 0 heterocycles. The van der Waals surface area contributed by atoms with Crippen LogP contribution in [0, 0.1) is 0 Å². The van der Waals surface area contributed by atoms with E-state index in [1.807, 2.05) is 19.1 Å². The molecular formula is C20H25F2IN4O2. The number of amides is 1. The van der Waals surface area contributed by atoms with Crippen molar-refractivity contribution in [3.63, 3.8) is 0 Å². The molecular weight excluding hydrogens is 493 g/mol. The largest absolute Gasteiger partial charge is 0.434 e. The smallest absolute Gasteiger partial charge is 0.387 e. The molecule has 0 aliphatic rings. The van der Waals surface area contributed by atoms with E-state index in [2.05, 4.69) is 25.7 Å². The van der Waals surface area contributed by atoms with Gasteiger partial charge in [0.15, 0.2) is 5.96 Å². The van der Waals surface area contributed by atoms with E-state index in [9.17, 15) is 13.6 Å². The molecule has 2 rings (SSSR count). The minimum Gasteiger partial charge on any atom is -0.434 e. The quantitative estimate of drug-likeness (QED) is 0.284. The molecule has 0 fully saturated rings. The minimum absolute atomic E-state index is 0. The number of carbonyl (C=O) groups excluding carboxylic acids is 1. The zero-order chi connectivity index (χ0) is 20.4. The highest BCUT2D eigenvalue weighted by atomic mass is 127. The van der Waals surface area contributed by atoms with Crippen LogP contribution in [0.4, 0.5) is 8.78 Å². The summed E-state index contributed by atoms with van der Waals surface area (Å²) in [6.45, 7) is 0.262. The van der Waals surface area contributed by atoms with E-state index in [-0.39, 0.29) is 42.2 Å². The van der Waals surface area contributed by atoms with E-state index in [0.717, 1.165) is 5.56 Å². The van der Waals surface area contributed by atoms with Crippen molar-refractivity contribution < 1.29 is 18.3 Å². The molecule has 0 atom stereocenters. The minimum atomic E-state index is -2.88. The number of para-hydroxylation sites is 1. The van der Waals surface area contributed by atoms with Gasteiger partial charge in [-0.3, -0.25) is 9.79 Å². The fourth-order valence-corrected chi connectivity index (χ4v) is 2.53. The van der Waals surface area contributed by atoms with E-state index in [0.29, 0.717) is 30.2 Å². The number of nitrogens with zero attached hydrogens (tertiary/aromatic N) is 1. The van der Waals surface area contributed by atoms with Gasteiger partial charge in [-0.1, -0.05) is 30.3 Å². The van der Waals surface area contributed by atoms with E-state index in [1.165, 1.54) is 6.07 Å². The van der Waals surface area contributed by atoms with Crippen molar-refractivity contribution in [3.8, 4) is 5.75 Å². The normalized spacial score (nSPS) is 10.9. The number of rotatable bonds is 8. The van der Waals surface area contributed by atoms with Crippen LogP contribution in [0.15, 0.2) is 53.5 Å². The van der Waals surface area contributed by atoms with Crippen LogP contribution in [-0.4, -0.2) is 32.1 Å². The van der Waals surface area contributed by atoms with Gasteiger partial charge in [-0.2, -0.15) is 8.78 Å². The van der Waals surface area contributed by atoms with Crippen LogP contribution < -0.4 is 20.7 Å². The number of carbonyl (C=O) groups is 1. The Hall–Kier alpha value is -2.43. The summed E-state index contributed by atoms with van der Waals surface area (Å²) in [5.74, 6) is 0.493. The Labute approximate surface area is 186 Å². The van der Waals surface area contributed by atoms with Crippen LogP contribution in [-0.2, 0) is 13.1 Å². The van der Waals surface area contributed by atoms with Crippen LogP contribution in [0.25, 0.3) is 0 Å². The zero-order valence-corrected chi connectivity index (χ0v) is 18.6. The van der Waals surface area contributed by atoms with Gasteiger partial charge in [0.2, 0.25) is 0 Å². The topological polar surface area (TPSA) is 74.8 Å². The maximum atomic E-state index is 12.5. The molecule has 2 aromatic rings. The number of alkyl halides is 2. The Morgan fingerprint density at radius 1 is 1.07 bits per heavy atom. The zero-order valence-electron chi connectivity index (χ0n) is 16.2. The summed E-state index contributed by atoms with van der Waals surface area (Å²) in [6.07, 6.45) is 0. The Bertz CT molecular complexity index is 819. The number of aliphatic imine (C=N–C) groups is 1. The molecule has 29 heavy (non-hydrogen) atoms. The highest BCUT2D eigenvalue weighted by molar-refractivity contribution is 14.0. The molecule has 0 aliphatic carbocycles. The number of hydrogen-bond acceptors (Lipinski definition) is 3. The molecule has 0 aliphatic heterocycles. The summed E-state index contributed by atoms with van der Waals surface area (Å²) in [6, 6.07) is 13.8. The fraction of sp³-hybridized carbons (Fsp3) is 0.300. The molecule has 0 bridgehead atoms. The third-order valence-corrected chi connectivity index (χ3v) is 3.85. The number of guanidine groups is 1. The molecule has 3 N–H and O–H groups in total. The van der Waals surface area contributed by atoms with E-state index < -0.39 is 6.61 Å². The molecule has 0 unspecified atom stereocenters.